The molecule has 0 spiro atoms. The Labute approximate surface area is 90.3 Å². The highest BCUT2D eigenvalue weighted by Crippen LogP contribution is 2.28. The second kappa shape index (κ2) is 4.32. The van der Waals surface area contributed by atoms with Gasteiger partial charge in [-0.1, -0.05) is 36.4 Å². The molecule has 0 aromatic heterocycles. The van der Waals surface area contributed by atoms with Gasteiger partial charge in [-0.15, -0.1) is 0 Å². The fourth-order valence-electron chi connectivity index (χ4n) is 1.87. The number of benzene rings is 1. The first-order valence-electron chi connectivity index (χ1n) is 5.24. The maximum atomic E-state index is 6.19. The Morgan fingerprint density at radius 2 is 2.00 bits per heavy atom. The van der Waals surface area contributed by atoms with Gasteiger partial charge in [0.2, 0.25) is 0 Å². The van der Waals surface area contributed by atoms with Crippen molar-refractivity contribution in [3.05, 3.63) is 53.6 Å². The minimum Gasteiger partial charge on any atom is -0.398 e. The quantitative estimate of drug-likeness (QED) is 0.721. The second-order valence-electron chi connectivity index (χ2n) is 3.81. The molecule has 0 amide bonds. The molecule has 1 unspecified atom stereocenters. The van der Waals surface area contributed by atoms with E-state index in [4.69, 9.17) is 11.5 Å². The van der Waals surface area contributed by atoms with Crippen molar-refractivity contribution in [1.29, 1.82) is 0 Å². The molecule has 1 aromatic rings. The molecule has 78 valence electrons. The smallest absolute Gasteiger partial charge is 0.0534 e. The Bertz CT molecular complexity index is 405. The number of nitrogen functional groups attached to an aromatic ring is 1. The van der Waals surface area contributed by atoms with Crippen LogP contribution in [0.25, 0.3) is 0 Å². The summed E-state index contributed by atoms with van der Waals surface area (Å²) in [4.78, 5) is 0. The van der Waals surface area contributed by atoms with Crippen molar-refractivity contribution < 1.29 is 0 Å². The van der Waals surface area contributed by atoms with E-state index in [1.165, 1.54) is 5.57 Å². The maximum Gasteiger partial charge on any atom is 0.0534 e. The molecule has 1 aromatic carbocycles. The Morgan fingerprint density at radius 1 is 1.20 bits per heavy atom. The molecule has 0 fully saturated rings. The van der Waals surface area contributed by atoms with Crippen LogP contribution in [0.5, 0.6) is 0 Å². The first kappa shape index (κ1) is 9.99. The molecule has 1 aliphatic carbocycles. The molecule has 0 heterocycles. The summed E-state index contributed by atoms with van der Waals surface area (Å²) in [5.74, 6) is 0. The first-order chi connectivity index (χ1) is 7.29. The predicted molar refractivity (Wildman–Crippen MR) is 64.2 cm³/mol. The number of hydrogen-bond donors (Lipinski definition) is 2. The van der Waals surface area contributed by atoms with Crippen LogP contribution in [-0.2, 0) is 0 Å². The van der Waals surface area contributed by atoms with Gasteiger partial charge in [0, 0.05) is 5.69 Å². The van der Waals surface area contributed by atoms with Gasteiger partial charge in [-0.05, 0) is 30.0 Å². The minimum atomic E-state index is -0.0591. The van der Waals surface area contributed by atoms with Gasteiger partial charge in [-0.2, -0.15) is 0 Å². The third-order valence-corrected chi connectivity index (χ3v) is 2.78. The van der Waals surface area contributed by atoms with E-state index >= 15 is 0 Å². The summed E-state index contributed by atoms with van der Waals surface area (Å²) in [5, 5.41) is 0. The lowest BCUT2D eigenvalue weighted by Gasteiger charge is -2.19. The third kappa shape index (κ3) is 2.10. The molecule has 0 radical (unpaired) electrons. The van der Waals surface area contributed by atoms with Crippen LogP contribution >= 0.6 is 0 Å². The zero-order valence-corrected chi connectivity index (χ0v) is 8.69. The lowest BCUT2D eigenvalue weighted by atomic mass is 9.92. The topological polar surface area (TPSA) is 52.0 Å². The predicted octanol–water partition coefficient (Wildman–Crippen LogP) is 2.55. The Hall–Kier alpha value is -1.54. The van der Waals surface area contributed by atoms with Crippen LogP contribution in [0.2, 0.25) is 0 Å². The van der Waals surface area contributed by atoms with E-state index in [-0.39, 0.29) is 6.04 Å². The summed E-state index contributed by atoms with van der Waals surface area (Å²) < 4.78 is 0. The molecule has 2 heteroatoms. The number of hydrogen-bond acceptors (Lipinski definition) is 2. The third-order valence-electron chi connectivity index (χ3n) is 2.78. The standard InChI is InChI=1S/C13H16N2/c14-12-9-5-4-8-11(12)13(15)10-6-2-1-3-7-10/h1-2,4-6,8-9,13H,3,7,14-15H2. The first-order valence-corrected chi connectivity index (χ1v) is 5.24. The van der Waals surface area contributed by atoms with Crippen LogP contribution in [0.15, 0.2) is 48.1 Å². The fourth-order valence-corrected chi connectivity index (χ4v) is 1.87. The molecule has 1 atom stereocenters. The van der Waals surface area contributed by atoms with Gasteiger partial charge in [0.1, 0.15) is 0 Å². The van der Waals surface area contributed by atoms with Crippen molar-refractivity contribution >= 4 is 5.69 Å². The molecule has 2 rings (SSSR count). The summed E-state index contributed by atoms with van der Waals surface area (Å²) >= 11 is 0. The number of nitrogens with two attached hydrogens (primary N) is 2. The maximum absolute atomic E-state index is 6.19. The van der Waals surface area contributed by atoms with Crippen LogP contribution in [-0.4, -0.2) is 0 Å². The normalized spacial score (nSPS) is 17.3. The van der Waals surface area contributed by atoms with Gasteiger partial charge in [0.15, 0.2) is 0 Å². The molecular weight excluding hydrogens is 184 g/mol. The molecule has 15 heavy (non-hydrogen) atoms. The van der Waals surface area contributed by atoms with Crippen molar-refractivity contribution in [2.24, 2.45) is 5.73 Å². The van der Waals surface area contributed by atoms with E-state index in [1.54, 1.807) is 0 Å². The lowest BCUT2D eigenvalue weighted by molar-refractivity contribution is 0.772. The highest BCUT2D eigenvalue weighted by atomic mass is 14.7. The summed E-state index contributed by atoms with van der Waals surface area (Å²) in [5.41, 5.74) is 15.2. The van der Waals surface area contributed by atoms with Crippen LogP contribution in [0.4, 0.5) is 5.69 Å². The Morgan fingerprint density at radius 3 is 2.67 bits per heavy atom. The fraction of sp³-hybridized carbons (Fsp3) is 0.231. The molecule has 0 bridgehead atoms. The van der Waals surface area contributed by atoms with Gasteiger partial charge in [0.25, 0.3) is 0 Å². The molecule has 0 saturated carbocycles. The Balaban J connectivity index is 2.28. The van der Waals surface area contributed by atoms with Gasteiger partial charge < -0.3 is 11.5 Å². The number of allylic oxidation sites excluding steroid dienone is 3. The second-order valence-corrected chi connectivity index (χ2v) is 3.81. The van der Waals surface area contributed by atoms with Crippen molar-refractivity contribution in [3.63, 3.8) is 0 Å². The van der Waals surface area contributed by atoms with E-state index in [0.29, 0.717) is 0 Å². The highest BCUT2D eigenvalue weighted by molar-refractivity contribution is 5.50. The van der Waals surface area contributed by atoms with Gasteiger partial charge in [0.05, 0.1) is 6.04 Å². The average Bonchev–Trinajstić information content (AvgIpc) is 2.30. The van der Waals surface area contributed by atoms with Crippen LogP contribution in [0.3, 0.4) is 0 Å². The molecular formula is C13H16N2. The number of para-hydroxylation sites is 1. The number of rotatable bonds is 2. The van der Waals surface area contributed by atoms with E-state index < -0.39 is 0 Å². The van der Waals surface area contributed by atoms with E-state index in [9.17, 15) is 0 Å². The summed E-state index contributed by atoms with van der Waals surface area (Å²) in [6.45, 7) is 0. The van der Waals surface area contributed by atoms with Crippen LogP contribution in [0, 0.1) is 0 Å². The van der Waals surface area contributed by atoms with Crippen LogP contribution in [0.1, 0.15) is 24.4 Å². The van der Waals surface area contributed by atoms with E-state index in [1.807, 2.05) is 24.3 Å². The highest BCUT2D eigenvalue weighted by Gasteiger charge is 2.14. The zero-order chi connectivity index (χ0) is 10.7. The minimum absolute atomic E-state index is 0.0591. The number of anilines is 1. The molecule has 4 N–H and O–H groups in total. The lowest BCUT2D eigenvalue weighted by Crippen LogP contribution is -2.15. The van der Waals surface area contributed by atoms with Crippen molar-refractivity contribution in [3.8, 4) is 0 Å². The monoisotopic (exact) mass is 200 g/mol. The average molecular weight is 200 g/mol. The SMILES string of the molecule is Nc1ccccc1C(N)C1=CC=CCC1. The van der Waals surface area contributed by atoms with Gasteiger partial charge in [-0.25, -0.2) is 0 Å². The van der Waals surface area contributed by atoms with Gasteiger partial charge in [-0.3, -0.25) is 0 Å². The zero-order valence-electron chi connectivity index (χ0n) is 8.69. The van der Waals surface area contributed by atoms with Crippen LogP contribution < -0.4 is 11.5 Å². The molecule has 0 aliphatic heterocycles. The summed E-state index contributed by atoms with van der Waals surface area (Å²) in [7, 11) is 0. The summed E-state index contributed by atoms with van der Waals surface area (Å²) in [6, 6.07) is 7.75. The largest absolute Gasteiger partial charge is 0.398 e. The van der Waals surface area contributed by atoms with E-state index in [2.05, 4.69) is 18.2 Å². The van der Waals surface area contributed by atoms with Crippen molar-refractivity contribution in [2.75, 3.05) is 5.73 Å². The van der Waals surface area contributed by atoms with Gasteiger partial charge >= 0.3 is 0 Å². The van der Waals surface area contributed by atoms with E-state index in [0.717, 1.165) is 24.1 Å². The molecule has 0 saturated heterocycles. The molecule has 2 nitrogen and oxygen atoms in total. The summed E-state index contributed by atoms with van der Waals surface area (Å²) in [6.07, 6.45) is 8.43. The molecule has 1 aliphatic rings. The van der Waals surface area contributed by atoms with Crippen molar-refractivity contribution in [2.45, 2.75) is 18.9 Å². The van der Waals surface area contributed by atoms with Crippen molar-refractivity contribution in [1.82, 2.24) is 0 Å². The Kier molecular flexibility index (Phi) is 2.88.